The Bertz CT molecular complexity index is 346. The van der Waals surface area contributed by atoms with Crippen molar-refractivity contribution in [2.75, 3.05) is 19.6 Å². The quantitative estimate of drug-likeness (QED) is 0.781. The average molecular weight is 268 g/mol. The Morgan fingerprint density at radius 2 is 2.00 bits per heavy atom. The second kappa shape index (κ2) is 5.13. The Balaban J connectivity index is 2.79. The Morgan fingerprint density at radius 1 is 1.39 bits per heavy atom. The van der Waals surface area contributed by atoms with E-state index in [9.17, 15) is 22.8 Å². The third-order valence-electron chi connectivity index (χ3n) is 3.17. The summed E-state index contributed by atoms with van der Waals surface area (Å²) in [4.78, 5) is 23.4. The summed E-state index contributed by atoms with van der Waals surface area (Å²) in [7, 11) is 0. The Hall–Kier alpha value is -1.31. The highest BCUT2D eigenvalue weighted by molar-refractivity contribution is 5.81. The molecule has 0 saturated carbocycles. The minimum atomic E-state index is -4.86. The molecule has 1 saturated heterocycles. The van der Waals surface area contributed by atoms with E-state index in [0.29, 0.717) is 6.42 Å². The molecule has 1 rings (SSSR count). The maximum absolute atomic E-state index is 12.8. The fourth-order valence-corrected chi connectivity index (χ4v) is 1.96. The van der Waals surface area contributed by atoms with Crippen molar-refractivity contribution >= 4 is 11.9 Å². The lowest BCUT2D eigenvalue weighted by atomic mass is 9.86. The number of hydrogen-bond donors (Lipinski definition) is 2. The minimum Gasteiger partial charge on any atom is -0.481 e. The molecule has 1 fully saturated rings. The largest absolute Gasteiger partial charge is 0.481 e. The molecule has 104 valence electrons. The predicted octanol–water partition coefficient (Wildman–Crippen LogP) is 0.591. The van der Waals surface area contributed by atoms with E-state index < -0.39 is 36.4 Å². The minimum absolute atomic E-state index is 0.0457. The van der Waals surface area contributed by atoms with Gasteiger partial charge in [0.05, 0.1) is 0 Å². The van der Waals surface area contributed by atoms with Crippen LogP contribution in [-0.2, 0) is 9.59 Å². The van der Waals surface area contributed by atoms with Gasteiger partial charge in [-0.1, -0.05) is 0 Å². The van der Waals surface area contributed by atoms with Crippen LogP contribution in [-0.4, -0.2) is 47.7 Å². The number of nitrogens with zero attached hydrogens (tertiary/aromatic N) is 1. The highest BCUT2D eigenvalue weighted by Crippen LogP contribution is 2.45. The highest BCUT2D eigenvalue weighted by atomic mass is 19.4. The normalized spacial score (nSPS) is 24.3. The first-order valence-electron chi connectivity index (χ1n) is 5.52. The molecule has 1 atom stereocenters. The van der Waals surface area contributed by atoms with E-state index in [-0.39, 0.29) is 19.5 Å². The van der Waals surface area contributed by atoms with Crippen LogP contribution in [0.1, 0.15) is 19.3 Å². The topological polar surface area (TPSA) is 83.6 Å². The van der Waals surface area contributed by atoms with E-state index in [1.54, 1.807) is 0 Å². The monoisotopic (exact) mass is 268 g/mol. The molecule has 1 aliphatic heterocycles. The van der Waals surface area contributed by atoms with Crippen molar-refractivity contribution in [2.24, 2.45) is 11.1 Å². The van der Waals surface area contributed by atoms with E-state index in [0.717, 1.165) is 4.90 Å². The zero-order valence-corrected chi connectivity index (χ0v) is 9.66. The van der Waals surface area contributed by atoms with Gasteiger partial charge in [0, 0.05) is 19.5 Å². The fraction of sp³-hybridized carbons (Fsp3) is 0.800. The predicted molar refractivity (Wildman–Crippen MR) is 55.6 cm³/mol. The van der Waals surface area contributed by atoms with Gasteiger partial charge in [0.2, 0.25) is 5.91 Å². The zero-order chi connectivity index (χ0) is 14.0. The van der Waals surface area contributed by atoms with Crippen LogP contribution in [0.15, 0.2) is 0 Å². The summed E-state index contributed by atoms with van der Waals surface area (Å²) in [5.41, 5.74) is 2.37. The van der Waals surface area contributed by atoms with Crippen LogP contribution in [0.3, 0.4) is 0 Å². The number of rotatable bonds is 4. The summed E-state index contributed by atoms with van der Waals surface area (Å²) in [5.74, 6) is -2.41. The van der Waals surface area contributed by atoms with E-state index in [1.807, 2.05) is 0 Å². The molecule has 3 N–H and O–H groups in total. The maximum Gasteiger partial charge on any atom is 0.406 e. The van der Waals surface area contributed by atoms with Gasteiger partial charge in [-0.15, -0.1) is 0 Å². The number of hydrogen-bond acceptors (Lipinski definition) is 3. The molecule has 0 aromatic rings. The van der Waals surface area contributed by atoms with Crippen LogP contribution >= 0.6 is 0 Å². The molecule has 1 amide bonds. The summed E-state index contributed by atoms with van der Waals surface area (Å²) < 4.78 is 38.4. The third-order valence-corrected chi connectivity index (χ3v) is 3.17. The molecule has 0 bridgehead atoms. The zero-order valence-electron chi connectivity index (χ0n) is 9.66. The Labute approximate surface area is 102 Å². The number of carboxylic acids is 1. The van der Waals surface area contributed by atoms with Gasteiger partial charge < -0.3 is 15.7 Å². The van der Waals surface area contributed by atoms with Crippen molar-refractivity contribution in [3.63, 3.8) is 0 Å². The highest BCUT2D eigenvalue weighted by Gasteiger charge is 2.64. The van der Waals surface area contributed by atoms with Crippen LogP contribution < -0.4 is 5.73 Å². The summed E-state index contributed by atoms with van der Waals surface area (Å²) in [5, 5.41) is 8.80. The van der Waals surface area contributed by atoms with E-state index in [2.05, 4.69) is 0 Å². The molecule has 0 aromatic heterocycles. The standard InChI is InChI=1S/C10H15F3N2O3/c11-10(12,13)9(8(17)18)3-5-15(6-9)7(16)2-1-4-14/h1-6,14H2,(H,17,18). The van der Waals surface area contributed by atoms with Crippen molar-refractivity contribution < 1.29 is 27.9 Å². The lowest BCUT2D eigenvalue weighted by molar-refractivity contribution is -0.227. The number of amides is 1. The Kier molecular flexibility index (Phi) is 4.20. The molecule has 18 heavy (non-hydrogen) atoms. The van der Waals surface area contributed by atoms with Crippen LogP contribution in [0.4, 0.5) is 13.2 Å². The van der Waals surface area contributed by atoms with Gasteiger partial charge in [0.25, 0.3) is 0 Å². The Morgan fingerprint density at radius 3 is 2.39 bits per heavy atom. The SMILES string of the molecule is NCCCC(=O)N1CCC(C(=O)O)(C(F)(F)F)C1. The van der Waals surface area contributed by atoms with Crippen molar-refractivity contribution in [1.82, 2.24) is 4.90 Å². The number of aliphatic carboxylic acids is 1. The van der Waals surface area contributed by atoms with Gasteiger partial charge in [-0.05, 0) is 19.4 Å². The lowest BCUT2D eigenvalue weighted by Gasteiger charge is -2.27. The molecule has 0 radical (unpaired) electrons. The van der Waals surface area contributed by atoms with Gasteiger partial charge in [-0.25, -0.2) is 0 Å². The first-order chi connectivity index (χ1) is 8.24. The average Bonchev–Trinajstić information content (AvgIpc) is 2.71. The van der Waals surface area contributed by atoms with Gasteiger partial charge >= 0.3 is 12.1 Å². The van der Waals surface area contributed by atoms with Crippen molar-refractivity contribution in [2.45, 2.75) is 25.4 Å². The van der Waals surface area contributed by atoms with E-state index in [1.165, 1.54) is 0 Å². The number of carbonyl (C=O) groups excluding carboxylic acids is 1. The van der Waals surface area contributed by atoms with Crippen LogP contribution in [0.2, 0.25) is 0 Å². The van der Waals surface area contributed by atoms with Gasteiger partial charge in [0.1, 0.15) is 0 Å². The maximum atomic E-state index is 12.8. The molecular weight excluding hydrogens is 253 g/mol. The second-order valence-corrected chi connectivity index (χ2v) is 4.34. The molecule has 0 spiro atoms. The number of alkyl halides is 3. The van der Waals surface area contributed by atoms with Gasteiger partial charge in [0.15, 0.2) is 5.41 Å². The molecule has 5 nitrogen and oxygen atoms in total. The summed E-state index contributed by atoms with van der Waals surface area (Å²) in [6.07, 6.45) is -5.03. The molecule has 0 aliphatic carbocycles. The smallest absolute Gasteiger partial charge is 0.406 e. The second-order valence-electron chi connectivity index (χ2n) is 4.34. The number of halogens is 3. The molecule has 0 aromatic carbocycles. The number of likely N-dealkylation sites (tertiary alicyclic amines) is 1. The first-order valence-corrected chi connectivity index (χ1v) is 5.52. The summed E-state index contributed by atoms with van der Waals surface area (Å²) in [6.45, 7) is -0.729. The fourth-order valence-electron chi connectivity index (χ4n) is 1.96. The van der Waals surface area contributed by atoms with Gasteiger partial charge in [-0.3, -0.25) is 9.59 Å². The molecule has 1 aliphatic rings. The molecule has 1 unspecified atom stereocenters. The number of carboxylic acid groups (broad SMARTS) is 1. The van der Waals surface area contributed by atoms with Crippen molar-refractivity contribution in [3.8, 4) is 0 Å². The number of carbonyl (C=O) groups is 2. The van der Waals surface area contributed by atoms with Crippen molar-refractivity contribution in [3.05, 3.63) is 0 Å². The lowest BCUT2D eigenvalue weighted by Crippen LogP contribution is -2.47. The molecule has 8 heteroatoms. The van der Waals surface area contributed by atoms with Gasteiger partial charge in [-0.2, -0.15) is 13.2 Å². The van der Waals surface area contributed by atoms with E-state index in [4.69, 9.17) is 10.8 Å². The summed E-state index contributed by atoms with van der Waals surface area (Å²) in [6, 6.07) is 0. The number of nitrogens with two attached hydrogens (primary N) is 1. The summed E-state index contributed by atoms with van der Waals surface area (Å²) >= 11 is 0. The van der Waals surface area contributed by atoms with E-state index >= 15 is 0 Å². The third kappa shape index (κ3) is 2.58. The molecule has 1 heterocycles. The van der Waals surface area contributed by atoms with Crippen LogP contribution in [0.25, 0.3) is 0 Å². The first kappa shape index (κ1) is 14.7. The molecular formula is C10H15F3N2O3. The van der Waals surface area contributed by atoms with Crippen LogP contribution in [0, 0.1) is 5.41 Å². The van der Waals surface area contributed by atoms with Crippen molar-refractivity contribution in [1.29, 1.82) is 0 Å². The van der Waals surface area contributed by atoms with Crippen LogP contribution in [0.5, 0.6) is 0 Å².